The number of carbonyl (C=O) groups is 1. The summed E-state index contributed by atoms with van der Waals surface area (Å²) in [6.07, 6.45) is 3.53. The van der Waals surface area contributed by atoms with Gasteiger partial charge in [-0.3, -0.25) is 4.79 Å². The number of nitrogens with one attached hydrogen (secondary N) is 1. The number of hydrogen-bond donors (Lipinski definition) is 1. The van der Waals surface area contributed by atoms with Gasteiger partial charge in [-0.05, 0) is 43.5 Å². The highest BCUT2D eigenvalue weighted by Gasteiger charge is 2.27. The third-order valence-corrected chi connectivity index (χ3v) is 4.10. The van der Waals surface area contributed by atoms with Crippen molar-refractivity contribution in [3.05, 3.63) is 41.2 Å². The molecule has 1 amide bonds. The Labute approximate surface area is 139 Å². The van der Waals surface area contributed by atoms with Crippen LogP contribution < -0.4 is 10.2 Å². The van der Waals surface area contributed by atoms with Crippen LogP contribution in [0.15, 0.2) is 30.5 Å². The Morgan fingerprint density at radius 1 is 1.30 bits per heavy atom. The van der Waals surface area contributed by atoms with Crippen LogP contribution in [0.4, 0.5) is 11.6 Å². The fraction of sp³-hybridized carbons (Fsp3) is 0.375. The Balaban J connectivity index is 1.64. The molecule has 6 nitrogen and oxygen atoms in total. The minimum atomic E-state index is -0.0932. The number of aromatic nitrogens is 3. The highest BCUT2D eigenvalue weighted by Crippen LogP contribution is 2.22. The molecule has 2 aromatic rings. The lowest BCUT2D eigenvalue weighted by Crippen LogP contribution is -2.41. The van der Waals surface area contributed by atoms with E-state index in [-0.39, 0.29) is 11.8 Å². The van der Waals surface area contributed by atoms with Crippen LogP contribution in [0.1, 0.15) is 18.4 Å². The SMILES string of the molecule is Cc1ccc(NC(=O)C2CCCN(c3ccc(Cl)nn3)C2)nc1. The van der Waals surface area contributed by atoms with Gasteiger partial charge in [0, 0.05) is 19.3 Å². The van der Waals surface area contributed by atoms with E-state index in [1.165, 1.54) is 0 Å². The predicted octanol–water partition coefficient (Wildman–Crippen LogP) is 2.69. The molecule has 0 spiro atoms. The number of nitrogens with zero attached hydrogens (tertiary/aromatic N) is 4. The molecule has 7 heteroatoms. The molecule has 0 bridgehead atoms. The fourth-order valence-electron chi connectivity index (χ4n) is 2.65. The second-order valence-corrected chi connectivity index (χ2v) is 6.10. The molecule has 1 atom stereocenters. The molecule has 23 heavy (non-hydrogen) atoms. The average molecular weight is 332 g/mol. The molecule has 1 N–H and O–H groups in total. The van der Waals surface area contributed by atoms with Crippen molar-refractivity contribution in [2.75, 3.05) is 23.3 Å². The zero-order valence-corrected chi connectivity index (χ0v) is 13.6. The molecule has 0 radical (unpaired) electrons. The molecular weight excluding hydrogens is 314 g/mol. The van der Waals surface area contributed by atoms with Crippen molar-refractivity contribution in [1.82, 2.24) is 15.2 Å². The van der Waals surface area contributed by atoms with Crippen molar-refractivity contribution >= 4 is 29.1 Å². The standard InChI is InChI=1S/C16H18ClN5O/c1-11-4-6-14(18-9-11)19-16(23)12-3-2-8-22(10-12)15-7-5-13(17)20-21-15/h4-7,9,12H,2-3,8,10H2,1H3,(H,18,19,23). The summed E-state index contributed by atoms with van der Waals surface area (Å²) in [6, 6.07) is 7.29. The Hall–Kier alpha value is -2.21. The first-order chi connectivity index (χ1) is 11.1. The van der Waals surface area contributed by atoms with Gasteiger partial charge in [0.05, 0.1) is 5.92 Å². The van der Waals surface area contributed by atoms with E-state index >= 15 is 0 Å². The lowest BCUT2D eigenvalue weighted by Gasteiger charge is -2.32. The minimum Gasteiger partial charge on any atom is -0.354 e. The number of piperidine rings is 1. The van der Waals surface area contributed by atoms with Crippen LogP contribution in [0, 0.1) is 12.8 Å². The molecule has 1 aliphatic rings. The Kier molecular flexibility index (Phi) is 4.71. The van der Waals surface area contributed by atoms with Gasteiger partial charge >= 0.3 is 0 Å². The number of halogens is 1. The van der Waals surface area contributed by atoms with E-state index in [4.69, 9.17) is 11.6 Å². The number of rotatable bonds is 3. The van der Waals surface area contributed by atoms with E-state index in [9.17, 15) is 4.79 Å². The molecule has 1 unspecified atom stereocenters. The molecule has 0 aliphatic carbocycles. The van der Waals surface area contributed by atoms with Gasteiger partial charge in [-0.2, -0.15) is 0 Å². The zero-order valence-electron chi connectivity index (χ0n) is 12.9. The van der Waals surface area contributed by atoms with Crippen molar-refractivity contribution < 1.29 is 4.79 Å². The van der Waals surface area contributed by atoms with Crippen LogP contribution in [-0.4, -0.2) is 34.2 Å². The van der Waals surface area contributed by atoms with Gasteiger partial charge in [0.1, 0.15) is 5.82 Å². The maximum atomic E-state index is 12.4. The van der Waals surface area contributed by atoms with Crippen LogP contribution in [0.2, 0.25) is 5.15 Å². The topological polar surface area (TPSA) is 71.0 Å². The van der Waals surface area contributed by atoms with Crippen LogP contribution in [0.3, 0.4) is 0 Å². The summed E-state index contributed by atoms with van der Waals surface area (Å²) in [6.45, 7) is 3.45. The number of carbonyl (C=O) groups excluding carboxylic acids is 1. The average Bonchev–Trinajstić information content (AvgIpc) is 2.58. The highest BCUT2D eigenvalue weighted by atomic mass is 35.5. The molecule has 0 saturated carbocycles. The largest absolute Gasteiger partial charge is 0.354 e. The molecule has 3 heterocycles. The first-order valence-electron chi connectivity index (χ1n) is 7.59. The van der Waals surface area contributed by atoms with Crippen molar-refractivity contribution in [1.29, 1.82) is 0 Å². The predicted molar refractivity (Wildman–Crippen MR) is 89.6 cm³/mol. The molecule has 120 valence electrons. The zero-order chi connectivity index (χ0) is 16.2. The molecule has 3 rings (SSSR count). The number of amides is 1. The lowest BCUT2D eigenvalue weighted by molar-refractivity contribution is -0.120. The number of aryl methyl sites for hydroxylation is 1. The van der Waals surface area contributed by atoms with Gasteiger partial charge in [-0.1, -0.05) is 17.7 Å². The van der Waals surface area contributed by atoms with E-state index in [1.54, 1.807) is 12.3 Å². The number of hydrogen-bond acceptors (Lipinski definition) is 5. The maximum Gasteiger partial charge on any atom is 0.230 e. The van der Waals surface area contributed by atoms with Crippen LogP contribution in [-0.2, 0) is 4.79 Å². The van der Waals surface area contributed by atoms with Gasteiger partial charge in [-0.15, -0.1) is 10.2 Å². The second kappa shape index (κ2) is 6.91. The van der Waals surface area contributed by atoms with Crippen LogP contribution >= 0.6 is 11.6 Å². The molecule has 2 aromatic heterocycles. The Morgan fingerprint density at radius 2 is 2.17 bits per heavy atom. The van der Waals surface area contributed by atoms with E-state index < -0.39 is 0 Å². The van der Waals surface area contributed by atoms with Crippen molar-refractivity contribution in [2.45, 2.75) is 19.8 Å². The third-order valence-electron chi connectivity index (χ3n) is 3.90. The van der Waals surface area contributed by atoms with E-state index in [0.29, 0.717) is 17.5 Å². The van der Waals surface area contributed by atoms with Gasteiger partial charge in [0.15, 0.2) is 11.0 Å². The fourth-order valence-corrected chi connectivity index (χ4v) is 2.75. The summed E-state index contributed by atoms with van der Waals surface area (Å²) in [7, 11) is 0. The van der Waals surface area contributed by atoms with Gasteiger partial charge in [-0.25, -0.2) is 4.98 Å². The lowest BCUT2D eigenvalue weighted by atomic mass is 9.97. The third kappa shape index (κ3) is 3.96. The summed E-state index contributed by atoms with van der Waals surface area (Å²) in [5.41, 5.74) is 1.06. The molecular formula is C16H18ClN5O. The van der Waals surface area contributed by atoms with E-state index in [0.717, 1.165) is 30.8 Å². The number of pyridine rings is 1. The summed E-state index contributed by atoms with van der Waals surface area (Å²) in [5, 5.41) is 11.2. The van der Waals surface area contributed by atoms with Gasteiger partial charge < -0.3 is 10.2 Å². The molecule has 1 saturated heterocycles. The van der Waals surface area contributed by atoms with E-state index in [1.807, 2.05) is 25.1 Å². The van der Waals surface area contributed by atoms with E-state index in [2.05, 4.69) is 25.4 Å². The Bertz CT molecular complexity index is 674. The first kappa shape index (κ1) is 15.7. The number of anilines is 2. The summed E-state index contributed by atoms with van der Waals surface area (Å²) >= 11 is 5.77. The smallest absolute Gasteiger partial charge is 0.230 e. The molecule has 0 aromatic carbocycles. The molecule has 1 aliphatic heterocycles. The minimum absolute atomic E-state index is 0.00650. The quantitative estimate of drug-likeness (QED) is 0.936. The van der Waals surface area contributed by atoms with Crippen LogP contribution in [0.5, 0.6) is 0 Å². The Morgan fingerprint density at radius 3 is 2.87 bits per heavy atom. The monoisotopic (exact) mass is 331 g/mol. The summed E-state index contributed by atoms with van der Waals surface area (Å²) < 4.78 is 0. The normalized spacial score (nSPS) is 17.8. The first-order valence-corrected chi connectivity index (χ1v) is 7.97. The van der Waals surface area contributed by atoms with Crippen LogP contribution in [0.25, 0.3) is 0 Å². The van der Waals surface area contributed by atoms with Crippen molar-refractivity contribution in [3.63, 3.8) is 0 Å². The van der Waals surface area contributed by atoms with Gasteiger partial charge in [0.2, 0.25) is 5.91 Å². The second-order valence-electron chi connectivity index (χ2n) is 5.71. The highest BCUT2D eigenvalue weighted by molar-refractivity contribution is 6.29. The maximum absolute atomic E-state index is 12.4. The molecule has 1 fully saturated rings. The van der Waals surface area contributed by atoms with Gasteiger partial charge in [0.25, 0.3) is 0 Å². The summed E-state index contributed by atoms with van der Waals surface area (Å²) in [4.78, 5) is 18.7. The van der Waals surface area contributed by atoms with Crippen molar-refractivity contribution in [2.24, 2.45) is 5.92 Å². The summed E-state index contributed by atoms with van der Waals surface area (Å²) in [5.74, 6) is 1.24. The van der Waals surface area contributed by atoms with Crippen molar-refractivity contribution in [3.8, 4) is 0 Å².